The minimum absolute atomic E-state index is 0.0806. The van der Waals surface area contributed by atoms with Crippen LogP contribution in [0.3, 0.4) is 0 Å². The molecule has 3 aromatic carbocycles. The van der Waals surface area contributed by atoms with Crippen LogP contribution < -0.4 is 0 Å². The summed E-state index contributed by atoms with van der Waals surface area (Å²) in [6, 6.07) is 24.1. The minimum atomic E-state index is 0.0806. The average molecular weight is 354 g/mol. The van der Waals surface area contributed by atoms with Crippen LogP contribution in [0.5, 0.6) is 0 Å². The summed E-state index contributed by atoms with van der Waals surface area (Å²) in [7, 11) is 0. The molecule has 1 heterocycles. The fourth-order valence-electron chi connectivity index (χ4n) is 3.92. The molecule has 0 unspecified atom stereocenters. The van der Waals surface area contributed by atoms with E-state index in [2.05, 4.69) is 101 Å². The highest BCUT2D eigenvalue weighted by Gasteiger charge is 2.18. The summed E-state index contributed by atoms with van der Waals surface area (Å²) < 4.78 is 0. The van der Waals surface area contributed by atoms with Crippen molar-refractivity contribution >= 4 is 21.7 Å². The molecule has 0 saturated carbocycles. The van der Waals surface area contributed by atoms with Crippen molar-refractivity contribution in [2.75, 3.05) is 0 Å². The number of aromatic nitrogens is 1. The highest BCUT2D eigenvalue weighted by atomic mass is 14.7. The Morgan fingerprint density at radius 3 is 2.30 bits per heavy atom. The van der Waals surface area contributed by atoms with Crippen molar-refractivity contribution < 1.29 is 0 Å². The predicted octanol–water partition coefficient (Wildman–Crippen LogP) is 7.48. The van der Waals surface area contributed by atoms with E-state index in [1.165, 1.54) is 32.8 Å². The van der Waals surface area contributed by atoms with Crippen LogP contribution in [0.2, 0.25) is 0 Å². The van der Waals surface area contributed by atoms with Crippen LogP contribution in [0.25, 0.3) is 32.9 Å². The van der Waals surface area contributed by atoms with Gasteiger partial charge in [0.1, 0.15) is 0 Å². The standard InChI is InChI=1S/C26H27N/c1-17(2)20-11-8-12-25-22(20)13-14-24(27-25)19-15-18-9-6-7-10-21(18)23(16-19)26(3,4)5/h6-17H,1-5H3. The number of rotatable bonds is 2. The van der Waals surface area contributed by atoms with E-state index >= 15 is 0 Å². The molecule has 0 spiro atoms. The Kier molecular flexibility index (Phi) is 4.26. The topological polar surface area (TPSA) is 12.9 Å². The largest absolute Gasteiger partial charge is 0.248 e. The molecule has 4 rings (SSSR count). The van der Waals surface area contributed by atoms with Gasteiger partial charge in [0.25, 0.3) is 0 Å². The van der Waals surface area contributed by atoms with E-state index in [9.17, 15) is 0 Å². The molecule has 0 aliphatic heterocycles. The summed E-state index contributed by atoms with van der Waals surface area (Å²) in [5.41, 5.74) is 6.12. The summed E-state index contributed by atoms with van der Waals surface area (Å²) >= 11 is 0. The van der Waals surface area contributed by atoms with Crippen molar-refractivity contribution in [2.45, 2.75) is 46.0 Å². The Morgan fingerprint density at radius 1 is 0.778 bits per heavy atom. The lowest BCUT2D eigenvalue weighted by molar-refractivity contribution is 0.596. The van der Waals surface area contributed by atoms with Gasteiger partial charge in [-0.15, -0.1) is 0 Å². The molecular formula is C26H27N. The first-order valence-electron chi connectivity index (χ1n) is 9.78. The molecule has 27 heavy (non-hydrogen) atoms. The van der Waals surface area contributed by atoms with E-state index in [1.807, 2.05) is 0 Å². The van der Waals surface area contributed by atoms with Crippen molar-refractivity contribution in [3.05, 3.63) is 77.9 Å². The van der Waals surface area contributed by atoms with Crippen LogP contribution in [0, 0.1) is 0 Å². The maximum Gasteiger partial charge on any atom is 0.0712 e. The third-order valence-corrected chi connectivity index (χ3v) is 5.35. The van der Waals surface area contributed by atoms with E-state index in [-0.39, 0.29) is 5.41 Å². The van der Waals surface area contributed by atoms with E-state index in [4.69, 9.17) is 4.98 Å². The fraction of sp³-hybridized carbons (Fsp3) is 0.269. The van der Waals surface area contributed by atoms with Gasteiger partial charge in [0.2, 0.25) is 0 Å². The summed E-state index contributed by atoms with van der Waals surface area (Å²) in [5, 5.41) is 3.86. The van der Waals surface area contributed by atoms with Crippen LogP contribution in [-0.4, -0.2) is 4.98 Å². The van der Waals surface area contributed by atoms with Crippen molar-refractivity contribution in [2.24, 2.45) is 0 Å². The number of benzene rings is 3. The summed E-state index contributed by atoms with van der Waals surface area (Å²) in [6.45, 7) is 11.3. The molecule has 136 valence electrons. The van der Waals surface area contributed by atoms with Crippen LogP contribution in [0.15, 0.2) is 66.7 Å². The average Bonchev–Trinajstić information content (AvgIpc) is 2.65. The van der Waals surface area contributed by atoms with Gasteiger partial charge in [0.05, 0.1) is 11.2 Å². The molecule has 0 saturated heterocycles. The zero-order valence-corrected chi connectivity index (χ0v) is 16.9. The second kappa shape index (κ2) is 6.49. The van der Waals surface area contributed by atoms with E-state index < -0.39 is 0 Å². The molecule has 1 nitrogen and oxygen atoms in total. The normalized spacial score (nSPS) is 12.2. The number of hydrogen-bond acceptors (Lipinski definition) is 1. The summed E-state index contributed by atoms with van der Waals surface area (Å²) in [4.78, 5) is 5.02. The first kappa shape index (κ1) is 17.7. The number of pyridine rings is 1. The lowest BCUT2D eigenvalue weighted by Gasteiger charge is -2.22. The lowest BCUT2D eigenvalue weighted by Crippen LogP contribution is -2.12. The van der Waals surface area contributed by atoms with Gasteiger partial charge in [-0.05, 0) is 57.5 Å². The first-order chi connectivity index (χ1) is 12.8. The van der Waals surface area contributed by atoms with E-state index in [1.54, 1.807) is 0 Å². The van der Waals surface area contributed by atoms with Crippen LogP contribution >= 0.6 is 0 Å². The summed E-state index contributed by atoms with van der Waals surface area (Å²) in [6.07, 6.45) is 0. The maximum atomic E-state index is 5.02. The Morgan fingerprint density at radius 2 is 1.56 bits per heavy atom. The van der Waals surface area contributed by atoms with Gasteiger partial charge in [-0.25, -0.2) is 4.98 Å². The molecule has 0 N–H and O–H groups in total. The highest BCUT2D eigenvalue weighted by molar-refractivity contribution is 5.92. The molecule has 0 bridgehead atoms. The predicted molar refractivity (Wildman–Crippen MR) is 117 cm³/mol. The first-order valence-corrected chi connectivity index (χ1v) is 9.78. The third-order valence-electron chi connectivity index (χ3n) is 5.35. The number of fused-ring (bicyclic) bond motifs is 2. The smallest absolute Gasteiger partial charge is 0.0712 e. The molecule has 0 fully saturated rings. The van der Waals surface area contributed by atoms with E-state index in [0.29, 0.717) is 5.92 Å². The van der Waals surface area contributed by atoms with Gasteiger partial charge in [-0.2, -0.15) is 0 Å². The molecule has 1 heteroatoms. The quantitative estimate of drug-likeness (QED) is 0.364. The van der Waals surface area contributed by atoms with Crippen LogP contribution in [-0.2, 0) is 5.41 Å². The van der Waals surface area contributed by atoms with Crippen molar-refractivity contribution in [3.63, 3.8) is 0 Å². The number of hydrogen-bond donors (Lipinski definition) is 0. The van der Waals surface area contributed by atoms with Gasteiger partial charge in [-0.1, -0.05) is 77.1 Å². The minimum Gasteiger partial charge on any atom is -0.248 e. The molecule has 0 atom stereocenters. The zero-order valence-electron chi connectivity index (χ0n) is 16.9. The second-order valence-corrected chi connectivity index (χ2v) is 8.76. The van der Waals surface area contributed by atoms with E-state index in [0.717, 1.165) is 11.2 Å². The van der Waals surface area contributed by atoms with Gasteiger partial charge >= 0.3 is 0 Å². The molecular weight excluding hydrogens is 326 g/mol. The van der Waals surface area contributed by atoms with Gasteiger partial charge < -0.3 is 0 Å². The highest BCUT2D eigenvalue weighted by Crippen LogP contribution is 2.35. The fourth-order valence-corrected chi connectivity index (χ4v) is 3.92. The van der Waals surface area contributed by atoms with Crippen LogP contribution in [0.1, 0.15) is 51.7 Å². The molecule has 0 amide bonds. The maximum absolute atomic E-state index is 5.02. The van der Waals surface area contributed by atoms with Crippen molar-refractivity contribution in [3.8, 4) is 11.3 Å². The monoisotopic (exact) mass is 353 g/mol. The Hall–Kier alpha value is -2.67. The molecule has 0 radical (unpaired) electrons. The van der Waals surface area contributed by atoms with Gasteiger partial charge in [0, 0.05) is 10.9 Å². The van der Waals surface area contributed by atoms with Crippen molar-refractivity contribution in [1.29, 1.82) is 0 Å². The van der Waals surface area contributed by atoms with Gasteiger partial charge in [-0.3, -0.25) is 0 Å². The molecule has 0 aliphatic rings. The Balaban J connectivity index is 1.95. The molecule has 4 aromatic rings. The number of nitrogens with zero attached hydrogens (tertiary/aromatic N) is 1. The molecule has 1 aromatic heterocycles. The third kappa shape index (κ3) is 3.23. The second-order valence-electron chi connectivity index (χ2n) is 8.76. The summed E-state index contributed by atoms with van der Waals surface area (Å²) in [5.74, 6) is 0.495. The zero-order chi connectivity index (χ0) is 19.2. The van der Waals surface area contributed by atoms with Crippen LogP contribution in [0.4, 0.5) is 0 Å². The van der Waals surface area contributed by atoms with Gasteiger partial charge in [0.15, 0.2) is 0 Å². The SMILES string of the molecule is CC(C)c1cccc2nc(-c3cc(C(C)(C)C)c4ccccc4c3)ccc12. The van der Waals surface area contributed by atoms with Crippen molar-refractivity contribution in [1.82, 2.24) is 4.98 Å². The Bertz CT molecular complexity index is 1130. The lowest BCUT2D eigenvalue weighted by atomic mass is 9.82. The molecule has 0 aliphatic carbocycles. The Labute approximate surface area is 162 Å².